The van der Waals surface area contributed by atoms with Crippen LogP contribution < -0.4 is 0 Å². The molecule has 0 amide bonds. The van der Waals surface area contributed by atoms with Crippen molar-refractivity contribution >= 4 is 53.3 Å². The Labute approximate surface area is 295 Å². The summed E-state index contributed by atoms with van der Waals surface area (Å²) < 4.78 is 5.16. The topological polar surface area (TPSA) is 4.93 Å². The molecule has 0 unspecified atom stereocenters. The summed E-state index contributed by atoms with van der Waals surface area (Å²) in [6, 6.07) is 68.4. The number of hydrogen-bond donors (Lipinski definition) is 0. The highest BCUT2D eigenvalue weighted by Gasteiger charge is 2.23. The summed E-state index contributed by atoms with van der Waals surface area (Å²) in [6.45, 7) is 0. The lowest BCUT2D eigenvalue weighted by molar-refractivity contribution is 1.18. The number of aromatic nitrogens is 1. The van der Waals surface area contributed by atoms with Crippen molar-refractivity contribution in [2.24, 2.45) is 0 Å². The first-order valence-corrected chi connectivity index (χ1v) is 17.9. The van der Waals surface area contributed by atoms with Crippen LogP contribution in [0.3, 0.4) is 0 Å². The number of nitrogens with zero attached hydrogens (tertiary/aromatic N) is 1. The molecule has 10 aromatic rings. The Balaban J connectivity index is 1.35. The summed E-state index contributed by atoms with van der Waals surface area (Å²) in [4.78, 5) is 0. The third-order valence-electron chi connectivity index (χ3n) is 10.0. The lowest BCUT2D eigenvalue weighted by Crippen LogP contribution is -1.95. The van der Waals surface area contributed by atoms with Gasteiger partial charge in [-0.05, 0) is 63.2 Å². The molecule has 0 N–H and O–H groups in total. The highest BCUT2D eigenvalue weighted by Crippen LogP contribution is 2.49. The van der Waals surface area contributed by atoms with Crippen molar-refractivity contribution in [1.29, 1.82) is 0 Å². The summed E-state index contributed by atoms with van der Waals surface area (Å²) in [5, 5.41) is 5.18. The van der Waals surface area contributed by atoms with Gasteiger partial charge in [0.15, 0.2) is 0 Å². The molecule has 0 radical (unpaired) electrons. The van der Waals surface area contributed by atoms with E-state index in [1.54, 1.807) is 0 Å². The predicted octanol–water partition coefficient (Wildman–Crippen LogP) is 13.8. The van der Waals surface area contributed by atoms with Gasteiger partial charge in [0.1, 0.15) is 0 Å². The number of fused-ring (bicyclic) bond motifs is 7. The molecule has 2 heterocycles. The van der Waals surface area contributed by atoms with Crippen molar-refractivity contribution in [3.05, 3.63) is 188 Å². The van der Waals surface area contributed by atoms with Crippen LogP contribution in [0.2, 0.25) is 0 Å². The van der Waals surface area contributed by atoms with Gasteiger partial charge in [-0.15, -0.1) is 11.3 Å². The van der Waals surface area contributed by atoms with Crippen LogP contribution in [0.1, 0.15) is 0 Å². The van der Waals surface area contributed by atoms with Gasteiger partial charge in [0, 0.05) is 42.2 Å². The normalized spacial score (nSPS) is 11.6. The monoisotopic (exact) mass is 653 g/mol. The average molecular weight is 654 g/mol. The Hall–Kier alpha value is -6.22. The van der Waals surface area contributed by atoms with E-state index < -0.39 is 0 Å². The zero-order valence-corrected chi connectivity index (χ0v) is 28.1. The second-order valence-corrected chi connectivity index (χ2v) is 13.9. The van der Waals surface area contributed by atoms with Gasteiger partial charge in [0.25, 0.3) is 0 Å². The van der Waals surface area contributed by atoms with E-state index in [0.29, 0.717) is 0 Å². The Morgan fingerprint density at radius 3 is 1.56 bits per heavy atom. The van der Waals surface area contributed by atoms with E-state index in [1.807, 2.05) is 11.3 Å². The third-order valence-corrected chi connectivity index (χ3v) is 11.3. The molecule has 2 heteroatoms. The summed E-state index contributed by atoms with van der Waals surface area (Å²) in [7, 11) is 0. The molecule has 8 aromatic carbocycles. The number of rotatable bonds is 5. The molecule has 0 aliphatic rings. The fraction of sp³-hybridized carbons (Fsp3) is 0. The van der Waals surface area contributed by atoms with Crippen LogP contribution in [0.25, 0.3) is 92.2 Å². The number of para-hydroxylation sites is 1. The maximum absolute atomic E-state index is 2.50. The van der Waals surface area contributed by atoms with Crippen LogP contribution in [0.15, 0.2) is 188 Å². The van der Waals surface area contributed by atoms with Crippen LogP contribution in [0, 0.1) is 0 Å². The first-order valence-electron chi connectivity index (χ1n) is 17.1. The van der Waals surface area contributed by atoms with E-state index >= 15 is 0 Å². The van der Waals surface area contributed by atoms with Crippen molar-refractivity contribution < 1.29 is 0 Å². The van der Waals surface area contributed by atoms with Crippen molar-refractivity contribution in [3.8, 4) is 50.2 Å². The third kappa shape index (κ3) is 4.61. The average Bonchev–Trinajstić information content (AvgIpc) is 3.75. The maximum atomic E-state index is 2.50. The van der Waals surface area contributed by atoms with Gasteiger partial charge in [0.05, 0.1) is 11.0 Å². The van der Waals surface area contributed by atoms with Crippen molar-refractivity contribution in [2.45, 2.75) is 0 Å². The second-order valence-electron chi connectivity index (χ2n) is 12.9. The largest absolute Gasteiger partial charge is 0.309 e. The highest BCUT2D eigenvalue weighted by atomic mass is 32.1. The van der Waals surface area contributed by atoms with Crippen LogP contribution in [0.4, 0.5) is 0 Å². The van der Waals surface area contributed by atoms with Gasteiger partial charge in [-0.1, -0.05) is 164 Å². The number of hydrogen-bond acceptors (Lipinski definition) is 1. The first-order chi connectivity index (χ1) is 24.8. The maximum Gasteiger partial charge on any atom is 0.0634 e. The zero-order chi connectivity index (χ0) is 33.0. The minimum atomic E-state index is 1.16. The molecule has 10 rings (SSSR count). The quantitative estimate of drug-likeness (QED) is 0.174. The molecule has 50 heavy (non-hydrogen) atoms. The molecule has 0 bridgehead atoms. The van der Waals surface area contributed by atoms with Crippen LogP contribution in [0.5, 0.6) is 0 Å². The van der Waals surface area contributed by atoms with E-state index in [0.717, 1.165) is 5.69 Å². The van der Waals surface area contributed by atoms with Crippen LogP contribution in [-0.4, -0.2) is 4.57 Å². The Bertz CT molecular complexity index is 2810. The SMILES string of the molecule is c1ccc(-c2ccc(-c3cc4c5cccc(-c6ccccc6)c5sc4c4c5ccc(-c6ccccc6)cc5n(-c5ccccc5)c34)cc2)cc1. The van der Waals surface area contributed by atoms with Crippen LogP contribution in [-0.2, 0) is 0 Å². The summed E-state index contributed by atoms with van der Waals surface area (Å²) >= 11 is 1.93. The standard InChI is InChI=1S/C48H31NS/c1-5-14-32(15-6-1)34-24-26-36(27-25-34)42-31-43-40-23-13-22-39(35-18-9-3-10-19-35)47(40)50-48(43)45-41-29-28-37(33-16-7-2-8-17-33)30-44(41)49(46(42)45)38-20-11-4-12-21-38/h1-31H. The van der Waals surface area contributed by atoms with Gasteiger partial charge in [-0.2, -0.15) is 0 Å². The van der Waals surface area contributed by atoms with Crippen molar-refractivity contribution in [2.75, 3.05) is 0 Å². The van der Waals surface area contributed by atoms with Crippen LogP contribution >= 0.6 is 11.3 Å². The molecule has 234 valence electrons. The Morgan fingerprint density at radius 2 is 0.880 bits per heavy atom. The number of benzene rings is 8. The number of thiophene rings is 1. The fourth-order valence-electron chi connectivity index (χ4n) is 7.65. The van der Waals surface area contributed by atoms with Gasteiger partial charge in [-0.3, -0.25) is 0 Å². The summed E-state index contributed by atoms with van der Waals surface area (Å²) in [5.74, 6) is 0. The Kier molecular flexibility index (Phi) is 6.75. The van der Waals surface area contributed by atoms with E-state index in [1.165, 1.54) is 86.5 Å². The first kappa shape index (κ1) is 28.8. The van der Waals surface area contributed by atoms with Crippen molar-refractivity contribution in [3.63, 3.8) is 0 Å². The lowest BCUT2D eigenvalue weighted by Gasteiger charge is -2.13. The van der Waals surface area contributed by atoms with Gasteiger partial charge in [-0.25, -0.2) is 0 Å². The molecule has 0 fully saturated rings. The lowest BCUT2D eigenvalue weighted by atomic mass is 9.95. The van der Waals surface area contributed by atoms with E-state index in [-0.39, 0.29) is 0 Å². The van der Waals surface area contributed by atoms with Gasteiger partial charge < -0.3 is 4.57 Å². The molecule has 0 saturated carbocycles. The van der Waals surface area contributed by atoms with E-state index in [4.69, 9.17) is 0 Å². The molecule has 0 atom stereocenters. The molecule has 0 aliphatic carbocycles. The molecule has 0 aliphatic heterocycles. The Morgan fingerprint density at radius 1 is 0.340 bits per heavy atom. The summed E-state index contributed by atoms with van der Waals surface area (Å²) in [5.41, 5.74) is 13.5. The van der Waals surface area contributed by atoms with Gasteiger partial charge in [0.2, 0.25) is 0 Å². The molecule has 2 aromatic heterocycles. The predicted molar refractivity (Wildman–Crippen MR) is 215 cm³/mol. The second kappa shape index (κ2) is 11.7. The van der Waals surface area contributed by atoms with E-state index in [2.05, 4.69) is 193 Å². The minimum absolute atomic E-state index is 1.16. The molecular weight excluding hydrogens is 623 g/mol. The van der Waals surface area contributed by atoms with Gasteiger partial charge >= 0.3 is 0 Å². The smallest absolute Gasteiger partial charge is 0.0634 e. The minimum Gasteiger partial charge on any atom is -0.309 e. The molecular formula is C48H31NS. The van der Waals surface area contributed by atoms with E-state index in [9.17, 15) is 0 Å². The fourth-order valence-corrected chi connectivity index (χ4v) is 9.02. The zero-order valence-electron chi connectivity index (χ0n) is 27.3. The molecule has 1 nitrogen and oxygen atoms in total. The highest BCUT2D eigenvalue weighted by molar-refractivity contribution is 7.27. The van der Waals surface area contributed by atoms with Crippen molar-refractivity contribution in [1.82, 2.24) is 4.57 Å². The molecule has 0 spiro atoms. The summed E-state index contributed by atoms with van der Waals surface area (Å²) in [6.07, 6.45) is 0. The molecule has 0 saturated heterocycles.